The average molecular weight is 399 g/mol. The van der Waals surface area contributed by atoms with Gasteiger partial charge in [-0.15, -0.1) is 0 Å². The number of hydrogen-bond donors (Lipinski definition) is 0. The molecular formula is C23H34N4O2. The van der Waals surface area contributed by atoms with Crippen LogP contribution in [0.2, 0.25) is 0 Å². The van der Waals surface area contributed by atoms with Crippen LogP contribution in [0.25, 0.3) is 0 Å². The number of fused-ring (bicyclic) bond motifs is 2. The second-order valence-corrected chi connectivity index (χ2v) is 11.1. The molecule has 2 atom stereocenters. The Balaban J connectivity index is 1.32. The Morgan fingerprint density at radius 1 is 1.00 bits per heavy atom. The number of rotatable bonds is 3. The maximum atomic E-state index is 6.30. The fraction of sp³-hybridized carbons (Fsp3) is 0.739. The average Bonchev–Trinajstić information content (AvgIpc) is 2.98. The summed E-state index contributed by atoms with van der Waals surface area (Å²) in [7, 11) is 0. The molecule has 0 saturated heterocycles. The third kappa shape index (κ3) is 3.15. The van der Waals surface area contributed by atoms with Crippen LogP contribution >= 0.6 is 0 Å². The van der Waals surface area contributed by atoms with Crippen molar-refractivity contribution in [3.8, 4) is 11.8 Å². The highest BCUT2D eigenvalue weighted by Gasteiger charge is 2.58. The number of aryl methyl sites for hydroxylation is 1. The molecule has 0 aromatic carbocycles. The van der Waals surface area contributed by atoms with E-state index < -0.39 is 0 Å². The lowest BCUT2D eigenvalue weighted by molar-refractivity contribution is 0.128. The molecule has 3 aliphatic rings. The standard InChI is InChI=1S/C23H34N4O2/c1-21(2,3)17-12-25-27-14-23(15-29-19(17)27)11-16(23)10-22(4,5)18-13-24-26-8-6-7-9-28-20(18)26/h12-13,16H,6-11,14-15H2,1-5H3. The van der Waals surface area contributed by atoms with Gasteiger partial charge in [0.25, 0.3) is 0 Å². The first kappa shape index (κ1) is 19.0. The summed E-state index contributed by atoms with van der Waals surface area (Å²) in [4.78, 5) is 0. The topological polar surface area (TPSA) is 54.1 Å². The van der Waals surface area contributed by atoms with Crippen molar-refractivity contribution in [1.29, 1.82) is 0 Å². The molecule has 1 saturated carbocycles. The first-order valence-electron chi connectivity index (χ1n) is 11.1. The molecule has 0 amide bonds. The van der Waals surface area contributed by atoms with Gasteiger partial charge in [0.05, 0.1) is 32.2 Å². The second-order valence-electron chi connectivity index (χ2n) is 11.1. The van der Waals surface area contributed by atoms with E-state index in [4.69, 9.17) is 9.47 Å². The number of hydrogen-bond acceptors (Lipinski definition) is 4. The SMILES string of the molecule is CC(C)(C)c1cnn2c1OCC1(CC1CC(C)(C)c1cnn3c1OCCCC3)C2. The van der Waals surface area contributed by atoms with Gasteiger partial charge >= 0.3 is 0 Å². The Morgan fingerprint density at radius 3 is 2.52 bits per heavy atom. The first-order valence-corrected chi connectivity index (χ1v) is 11.1. The number of ether oxygens (including phenoxy) is 2. The molecule has 29 heavy (non-hydrogen) atoms. The Hall–Kier alpha value is -1.98. The van der Waals surface area contributed by atoms with Gasteiger partial charge < -0.3 is 9.47 Å². The van der Waals surface area contributed by atoms with Gasteiger partial charge in [0, 0.05) is 23.1 Å². The predicted octanol–water partition coefficient (Wildman–Crippen LogP) is 4.32. The van der Waals surface area contributed by atoms with Gasteiger partial charge in [0.15, 0.2) is 0 Å². The van der Waals surface area contributed by atoms with Crippen molar-refractivity contribution in [2.45, 2.75) is 84.2 Å². The lowest BCUT2D eigenvalue weighted by atomic mass is 9.79. The number of aromatic nitrogens is 4. The van der Waals surface area contributed by atoms with E-state index in [-0.39, 0.29) is 16.2 Å². The summed E-state index contributed by atoms with van der Waals surface area (Å²) in [6.45, 7) is 14.9. The third-order valence-electron chi connectivity index (χ3n) is 7.20. The fourth-order valence-electron chi connectivity index (χ4n) is 5.21. The second kappa shape index (κ2) is 6.26. The maximum Gasteiger partial charge on any atom is 0.215 e. The molecular weight excluding hydrogens is 364 g/mol. The molecule has 5 rings (SSSR count). The highest BCUT2D eigenvalue weighted by atomic mass is 16.5. The van der Waals surface area contributed by atoms with Gasteiger partial charge in [-0.2, -0.15) is 10.2 Å². The van der Waals surface area contributed by atoms with Crippen LogP contribution in [0.3, 0.4) is 0 Å². The largest absolute Gasteiger partial charge is 0.478 e. The van der Waals surface area contributed by atoms with E-state index >= 15 is 0 Å². The molecule has 0 bridgehead atoms. The summed E-state index contributed by atoms with van der Waals surface area (Å²) in [5.74, 6) is 2.61. The normalized spacial score (nSPS) is 26.3. The molecule has 1 fully saturated rings. The van der Waals surface area contributed by atoms with E-state index in [2.05, 4.69) is 54.2 Å². The lowest BCUT2D eigenvalue weighted by Crippen LogP contribution is -2.31. The van der Waals surface area contributed by atoms with Crippen LogP contribution in [0, 0.1) is 11.3 Å². The fourth-order valence-corrected chi connectivity index (χ4v) is 5.21. The Bertz CT molecular complexity index is 920. The molecule has 6 nitrogen and oxygen atoms in total. The molecule has 2 aliphatic heterocycles. The molecule has 0 N–H and O–H groups in total. The third-order valence-corrected chi connectivity index (χ3v) is 7.20. The molecule has 6 heteroatoms. The minimum absolute atomic E-state index is 0.0348. The van der Waals surface area contributed by atoms with Gasteiger partial charge in [0.1, 0.15) is 0 Å². The van der Waals surface area contributed by atoms with Crippen LogP contribution in [0.5, 0.6) is 11.8 Å². The van der Waals surface area contributed by atoms with Crippen LogP contribution in [0.15, 0.2) is 12.4 Å². The van der Waals surface area contributed by atoms with Crippen LogP contribution in [-0.4, -0.2) is 32.8 Å². The van der Waals surface area contributed by atoms with Crippen molar-refractivity contribution >= 4 is 0 Å². The van der Waals surface area contributed by atoms with E-state index in [9.17, 15) is 0 Å². The molecule has 158 valence electrons. The summed E-state index contributed by atoms with van der Waals surface area (Å²) >= 11 is 0. The molecule has 2 unspecified atom stereocenters. The van der Waals surface area contributed by atoms with Crippen molar-refractivity contribution in [3.05, 3.63) is 23.5 Å². The molecule has 2 aromatic heterocycles. The molecule has 1 aliphatic carbocycles. The number of nitrogens with zero attached hydrogens (tertiary/aromatic N) is 4. The van der Waals surface area contributed by atoms with Crippen molar-refractivity contribution in [3.63, 3.8) is 0 Å². The van der Waals surface area contributed by atoms with Crippen molar-refractivity contribution < 1.29 is 9.47 Å². The summed E-state index contributed by atoms with van der Waals surface area (Å²) in [5, 5.41) is 9.29. The minimum Gasteiger partial charge on any atom is -0.478 e. The summed E-state index contributed by atoms with van der Waals surface area (Å²) in [6, 6.07) is 0. The predicted molar refractivity (Wildman–Crippen MR) is 112 cm³/mol. The van der Waals surface area contributed by atoms with Gasteiger partial charge in [-0.25, -0.2) is 9.36 Å². The lowest BCUT2D eigenvalue weighted by Gasteiger charge is -2.30. The Kier molecular flexibility index (Phi) is 4.10. The van der Waals surface area contributed by atoms with Crippen molar-refractivity contribution in [2.75, 3.05) is 13.2 Å². The molecule has 4 heterocycles. The van der Waals surface area contributed by atoms with E-state index in [0.717, 1.165) is 57.3 Å². The zero-order valence-electron chi connectivity index (χ0n) is 18.5. The van der Waals surface area contributed by atoms with Crippen LogP contribution in [0.4, 0.5) is 0 Å². The molecule has 2 aromatic rings. The van der Waals surface area contributed by atoms with Crippen LogP contribution < -0.4 is 9.47 Å². The van der Waals surface area contributed by atoms with Gasteiger partial charge in [-0.3, -0.25) is 0 Å². The Labute approximate surface area is 173 Å². The van der Waals surface area contributed by atoms with Crippen molar-refractivity contribution in [2.24, 2.45) is 11.3 Å². The minimum atomic E-state index is 0.0348. The monoisotopic (exact) mass is 398 g/mol. The quantitative estimate of drug-likeness (QED) is 0.773. The maximum absolute atomic E-state index is 6.30. The molecule has 1 spiro atoms. The summed E-state index contributed by atoms with van der Waals surface area (Å²) < 4.78 is 16.5. The van der Waals surface area contributed by atoms with Gasteiger partial charge in [0.2, 0.25) is 11.8 Å². The van der Waals surface area contributed by atoms with Crippen LogP contribution in [0.1, 0.15) is 71.4 Å². The van der Waals surface area contributed by atoms with E-state index in [1.54, 1.807) is 0 Å². The van der Waals surface area contributed by atoms with Gasteiger partial charge in [-0.1, -0.05) is 34.6 Å². The van der Waals surface area contributed by atoms with Crippen LogP contribution in [-0.2, 0) is 23.9 Å². The summed E-state index contributed by atoms with van der Waals surface area (Å²) in [6.07, 6.45) is 8.62. The first-order chi connectivity index (χ1) is 13.7. The zero-order valence-corrected chi connectivity index (χ0v) is 18.5. The van der Waals surface area contributed by atoms with E-state index in [0.29, 0.717) is 5.92 Å². The van der Waals surface area contributed by atoms with E-state index in [1.165, 1.54) is 17.5 Å². The van der Waals surface area contributed by atoms with Crippen molar-refractivity contribution in [1.82, 2.24) is 19.6 Å². The highest BCUT2D eigenvalue weighted by molar-refractivity contribution is 5.35. The zero-order chi connectivity index (χ0) is 20.4. The summed E-state index contributed by atoms with van der Waals surface area (Å²) in [5.41, 5.74) is 2.80. The van der Waals surface area contributed by atoms with E-state index in [1.807, 2.05) is 12.4 Å². The molecule has 0 radical (unpaired) electrons. The smallest absolute Gasteiger partial charge is 0.215 e. The Morgan fingerprint density at radius 2 is 1.72 bits per heavy atom. The van der Waals surface area contributed by atoms with Gasteiger partial charge in [-0.05, 0) is 42.4 Å². The highest BCUT2D eigenvalue weighted by Crippen LogP contribution is 2.60.